The molecule has 1 saturated heterocycles. The SMILES string of the molecule is Cc1c(CN2CCOCC2)cc(Br)cc1NC(=O)C(F)(F)F. The van der Waals surface area contributed by atoms with Crippen molar-refractivity contribution in [3.63, 3.8) is 0 Å². The summed E-state index contributed by atoms with van der Waals surface area (Å²) in [5.74, 6) is -1.97. The third kappa shape index (κ3) is 4.44. The molecule has 1 aliphatic heterocycles. The average Bonchev–Trinajstić information content (AvgIpc) is 2.44. The van der Waals surface area contributed by atoms with Gasteiger partial charge in [-0.15, -0.1) is 0 Å². The molecule has 0 bridgehead atoms. The average molecular weight is 381 g/mol. The molecule has 1 N–H and O–H groups in total. The highest BCUT2D eigenvalue weighted by molar-refractivity contribution is 9.10. The summed E-state index contributed by atoms with van der Waals surface area (Å²) in [5.41, 5.74) is 1.67. The monoisotopic (exact) mass is 380 g/mol. The van der Waals surface area contributed by atoms with Crippen molar-refractivity contribution in [1.82, 2.24) is 4.90 Å². The van der Waals surface area contributed by atoms with Gasteiger partial charge in [-0.25, -0.2) is 0 Å². The van der Waals surface area contributed by atoms with Gasteiger partial charge in [-0.3, -0.25) is 9.69 Å². The van der Waals surface area contributed by atoms with Crippen LogP contribution in [0.5, 0.6) is 0 Å². The number of hydrogen-bond donors (Lipinski definition) is 1. The number of nitrogens with zero attached hydrogens (tertiary/aromatic N) is 1. The Morgan fingerprint density at radius 3 is 2.59 bits per heavy atom. The van der Waals surface area contributed by atoms with Crippen molar-refractivity contribution in [3.05, 3.63) is 27.7 Å². The highest BCUT2D eigenvalue weighted by Crippen LogP contribution is 2.28. The second-order valence-electron chi connectivity index (χ2n) is 5.08. The molecule has 122 valence electrons. The third-order valence-corrected chi connectivity index (χ3v) is 3.94. The van der Waals surface area contributed by atoms with Crippen LogP contribution in [-0.4, -0.2) is 43.3 Å². The minimum atomic E-state index is -4.90. The summed E-state index contributed by atoms with van der Waals surface area (Å²) in [5, 5.41) is 1.93. The molecule has 4 nitrogen and oxygen atoms in total. The molecular weight excluding hydrogens is 365 g/mol. The van der Waals surface area contributed by atoms with Gasteiger partial charge in [0.2, 0.25) is 0 Å². The highest BCUT2D eigenvalue weighted by atomic mass is 79.9. The van der Waals surface area contributed by atoms with Crippen LogP contribution in [0.3, 0.4) is 0 Å². The van der Waals surface area contributed by atoms with Gasteiger partial charge in [0.05, 0.1) is 13.2 Å². The number of anilines is 1. The molecule has 0 aromatic heterocycles. The fourth-order valence-electron chi connectivity index (χ4n) is 2.22. The first kappa shape index (κ1) is 17.2. The summed E-state index contributed by atoms with van der Waals surface area (Å²) < 4.78 is 43.1. The van der Waals surface area contributed by atoms with Crippen molar-refractivity contribution in [1.29, 1.82) is 0 Å². The van der Waals surface area contributed by atoms with Gasteiger partial charge in [-0.2, -0.15) is 13.2 Å². The maximum absolute atomic E-state index is 12.4. The lowest BCUT2D eigenvalue weighted by Gasteiger charge is -2.27. The van der Waals surface area contributed by atoms with Crippen LogP contribution in [0.1, 0.15) is 11.1 Å². The van der Waals surface area contributed by atoms with Gasteiger partial charge in [0, 0.05) is 29.8 Å². The fraction of sp³-hybridized carbons (Fsp3) is 0.500. The molecular formula is C14H16BrF3N2O2. The van der Waals surface area contributed by atoms with E-state index in [9.17, 15) is 18.0 Å². The van der Waals surface area contributed by atoms with Crippen molar-refractivity contribution >= 4 is 27.5 Å². The van der Waals surface area contributed by atoms with Gasteiger partial charge < -0.3 is 10.1 Å². The maximum Gasteiger partial charge on any atom is 0.471 e. The zero-order chi connectivity index (χ0) is 16.3. The van der Waals surface area contributed by atoms with Gasteiger partial charge in [-0.1, -0.05) is 15.9 Å². The molecule has 0 radical (unpaired) electrons. The van der Waals surface area contributed by atoms with E-state index in [2.05, 4.69) is 20.8 Å². The van der Waals surface area contributed by atoms with Crippen molar-refractivity contribution in [2.24, 2.45) is 0 Å². The standard InChI is InChI=1S/C14H16BrF3N2O2/c1-9-10(8-20-2-4-22-5-3-20)6-11(15)7-12(9)19-13(21)14(16,17)18/h6-7H,2-5,8H2,1H3,(H,19,21). The first-order valence-electron chi connectivity index (χ1n) is 6.74. The Labute approximate surface area is 134 Å². The molecule has 1 heterocycles. The lowest BCUT2D eigenvalue weighted by molar-refractivity contribution is -0.167. The van der Waals surface area contributed by atoms with Crippen molar-refractivity contribution < 1.29 is 22.7 Å². The number of ether oxygens (including phenoxy) is 1. The molecule has 2 rings (SSSR count). The molecule has 1 aromatic rings. The second kappa shape index (κ2) is 6.97. The minimum Gasteiger partial charge on any atom is -0.379 e. The molecule has 0 atom stereocenters. The Bertz CT molecular complexity index is 558. The first-order chi connectivity index (χ1) is 10.3. The van der Waals surface area contributed by atoms with Gasteiger partial charge in [-0.05, 0) is 30.2 Å². The molecule has 1 amide bonds. The van der Waals surface area contributed by atoms with E-state index in [4.69, 9.17) is 4.74 Å². The van der Waals surface area contributed by atoms with Crippen LogP contribution in [0, 0.1) is 6.92 Å². The van der Waals surface area contributed by atoms with Gasteiger partial charge in [0.25, 0.3) is 0 Å². The minimum absolute atomic E-state index is 0.167. The van der Waals surface area contributed by atoms with Crippen LogP contribution in [0.15, 0.2) is 16.6 Å². The third-order valence-electron chi connectivity index (χ3n) is 3.48. The van der Waals surface area contributed by atoms with Crippen molar-refractivity contribution in [2.75, 3.05) is 31.6 Å². The summed E-state index contributed by atoms with van der Waals surface area (Å²) in [7, 11) is 0. The number of benzene rings is 1. The molecule has 0 unspecified atom stereocenters. The van der Waals surface area contributed by atoms with Crippen molar-refractivity contribution in [2.45, 2.75) is 19.6 Å². The number of morpholine rings is 1. The lowest BCUT2D eigenvalue weighted by Crippen LogP contribution is -2.36. The maximum atomic E-state index is 12.4. The Hall–Kier alpha value is -1.12. The van der Waals surface area contributed by atoms with Crippen LogP contribution in [0.2, 0.25) is 0 Å². The number of carbonyl (C=O) groups is 1. The molecule has 0 saturated carbocycles. The summed E-state index contributed by atoms with van der Waals surface area (Å²) >= 11 is 3.28. The fourth-order valence-corrected chi connectivity index (χ4v) is 2.73. The van der Waals surface area contributed by atoms with E-state index in [0.717, 1.165) is 18.7 Å². The number of halogens is 4. The Balaban J connectivity index is 2.19. The van der Waals surface area contributed by atoms with Crippen LogP contribution >= 0.6 is 15.9 Å². The zero-order valence-corrected chi connectivity index (χ0v) is 13.6. The zero-order valence-electron chi connectivity index (χ0n) is 12.0. The van der Waals surface area contributed by atoms with E-state index >= 15 is 0 Å². The number of amides is 1. The van der Waals surface area contributed by atoms with Crippen molar-refractivity contribution in [3.8, 4) is 0 Å². The molecule has 1 aliphatic rings. The number of alkyl halides is 3. The van der Waals surface area contributed by atoms with Crippen LogP contribution in [0.4, 0.5) is 18.9 Å². The number of rotatable bonds is 3. The number of nitrogens with one attached hydrogen (secondary N) is 1. The Morgan fingerprint density at radius 2 is 2.00 bits per heavy atom. The van der Waals surface area contributed by atoms with Gasteiger partial charge in [0.15, 0.2) is 0 Å². The summed E-state index contributed by atoms with van der Waals surface area (Å²) in [6.07, 6.45) is -4.90. The van der Waals surface area contributed by atoms with Crippen LogP contribution in [-0.2, 0) is 16.1 Å². The quantitative estimate of drug-likeness (QED) is 0.875. The molecule has 1 fully saturated rings. The Morgan fingerprint density at radius 1 is 1.36 bits per heavy atom. The highest BCUT2D eigenvalue weighted by Gasteiger charge is 2.39. The smallest absolute Gasteiger partial charge is 0.379 e. The number of hydrogen-bond acceptors (Lipinski definition) is 3. The largest absolute Gasteiger partial charge is 0.471 e. The van der Waals surface area contributed by atoms with E-state index in [1.54, 1.807) is 6.92 Å². The summed E-state index contributed by atoms with van der Waals surface area (Å²) in [4.78, 5) is 13.3. The van der Waals surface area contributed by atoms with E-state index in [-0.39, 0.29) is 5.69 Å². The molecule has 0 aliphatic carbocycles. The van der Waals surface area contributed by atoms with Crippen LogP contribution < -0.4 is 5.32 Å². The summed E-state index contributed by atoms with van der Waals surface area (Å²) in [6, 6.07) is 3.33. The second-order valence-corrected chi connectivity index (χ2v) is 5.99. The van der Waals surface area contributed by atoms with Crippen LogP contribution in [0.25, 0.3) is 0 Å². The normalized spacial score (nSPS) is 16.6. The number of carbonyl (C=O) groups excluding carboxylic acids is 1. The topological polar surface area (TPSA) is 41.6 Å². The Kier molecular flexibility index (Phi) is 5.46. The predicted molar refractivity (Wildman–Crippen MR) is 79.7 cm³/mol. The predicted octanol–water partition coefficient (Wildman–Crippen LogP) is 3.09. The van der Waals surface area contributed by atoms with E-state index in [0.29, 0.717) is 29.8 Å². The molecule has 8 heteroatoms. The van der Waals surface area contributed by atoms with Gasteiger partial charge in [0.1, 0.15) is 0 Å². The molecule has 0 spiro atoms. The van der Waals surface area contributed by atoms with E-state index in [1.807, 2.05) is 11.4 Å². The summed E-state index contributed by atoms with van der Waals surface area (Å²) in [6.45, 7) is 5.14. The van der Waals surface area contributed by atoms with E-state index in [1.165, 1.54) is 6.07 Å². The van der Waals surface area contributed by atoms with Gasteiger partial charge >= 0.3 is 12.1 Å². The molecule has 1 aromatic carbocycles. The van der Waals surface area contributed by atoms with E-state index < -0.39 is 12.1 Å². The first-order valence-corrected chi connectivity index (χ1v) is 7.54. The molecule has 22 heavy (non-hydrogen) atoms. The lowest BCUT2D eigenvalue weighted by atomic mass is 10.1.